The van der Waals surface area contributed by atoms with Crippen molar-refractivity contribution in [1.82, 2.24) is 9.47 Å². The predicted octanol–water partition coefficient (Wildman–Crippen LogP) is 5.94. The molecule has 1 aromatic heterocycles. The second-order valence-corrected chi connectivity index (χ2v) is 10.1. The number of aromatic nitrogens is 1. The summed E-state index contributed by atoms with van der Waals surface area (Å²) < 4.78 is 30.7. The van der Waals surface area contributed by atoms with Crippen LogP contribution in [0.25, 0.3) is 16.8 Å². The van der Waals surface area contributed by atoms with Gasteiger partial charge in [0, 0.05) is 37.0 Å². The minimum absolute atomic E-state index is 0.180. The summed E-state index contributed by atoms with van der Waals surface area (Å²) in [7, 11) is 1.85. The third-order valence-corrected chi connectivity index (χ3v) is 6.59. The number of likely N-dealkylation sites (N-methyl/N-ethyl adjacent to an activating group) is 1. The van der Waals surface area contributed by atoms with E-state index >= 15 is 4.39 Å². The summed E-state index contributed by atoms with van der Waals surface area (Å²) in [6.45, 7) is 10.8. The Hall–Kier alpha value is -4.00. The number of pyridine rings is 1. The van der Waals surface area contributed by atoms with Crippen LogP contribution in [0.4, 0.5) is 8.78 Å². The van der Waals surface area contributed by atoms with Crippen molar-refractivity contribution in [3.8, 4) is 0 Å². The maximum Gasteiger partial charge on any atom is 0.341 e. The summed E-state index contributed by atoms with van der Waals surface area (Å²) in [5.41, 5.74) is 1.46. The first-order valence-corrected chi connectivity index (χ1v) is 11.6. The summed E-state index contributed by atoms with van der Waals surface area (Å²) in [6.07, 6.45) is 1.38. The average molecular weight is 491 g/mol. The van der Waals surface area contributed by atoms with Crippen molar-refractivity contribution in [3.05, 3.63) is 112 Å². The van der Waals surface area contributed by atoms with Gasteiger partial charge in [-0.05, 0) is 34.8 Å². The lowest BCUT2D eigenvalue weighted by molar-refractivity contribution is 0.0693. The van der Waals surface area contributed by atoms with Crippen LogP contribution < -0.4 is 5.43 Å². The highest BCUT2D eigenvalue weighted by Crippen LogP contribution is 2.44. The van der Waals surface area contributed by atoms with Gasteiger partial charge in [-0.2, -0.15) is 0 Å². The Morgan fingerprint density at radius 2 is 1.69 bits per heavy atom. The molecule has 0 radical (unpaired) electrons. The number of fused-ring (bicyclic) bond motifs is 1. The van der Waals surface area contributed by atoms with Crippen LogP contribution >= 0.6 is 0 Å². The van der Waals surface area contributed by atoms with E-state index in [1.54, 1.807) is 34.9 Å². The number of halogens is 2. The normalized spacial score (nSPS) is 16.9. The third-order valence-electron chi connectivity index (χ3n) is 6.59. The summed E-state index contributed by atoms with van der Waals surface area (Å²) in [6, 6.07) is 13.1. The first-order valence-electron chi connectivity index (χ1n) is 11.6. The van der Waals surface area contributed by atoms with Crippen molar-refractivity contribution in [2.45, 2.75) is 26.8 Å². The molecule has 2 heterocycles. The minimum Gasteiger partial charge on any atom is -0.477 e. The number of allylic oxidation sites excluding steroid dienone is 2. The molecule has 0 unspecified atom stereocenters. The summed E-state index contributed by atoms with van der Waals surface area (Å²) in [4.78, 5) is 26.6. The van der Waals surface area contributed by atoms with E-state index in [2.05, 4.69) is 6.58 Å². The fourth-order valence-electron chi connectivity index (χ4n) is 4.69. The molecule has 5 nitrogen and oxygen atoms in total. The van der Waals surface area contributed by atoms with Crippen molar-refractivity contribution < 1.29 is 18.7 Å². The van der Waals surface area contributed by atoms with E-state index in [9.17, 15) is 19.1 Å². The van der Waals surface area contributed by atoms with Crippen molar-refractivity contribution in [2.75, 3.05) is 13.6 Å². The fraction of sp³-hybridized carbons (Fsp3) is 0.241. The number of rotatable bonds is 4. The summed E-state index contributed by atoms with van der Waals surface area (Å²) >= 11 is 0. The van der Waals surface area contributed by atoms with Crippen LogP contribution in [0.15, 0.2) is 72.2 Å². The molecule has 0 bridgehead atoms. The van der Waals surface area contributed by atoms with Gasteiger partial charge in [0.05, 0.1) is 17.4 Å². The number of hydrogen-bond donors (Lipinski definition) is 1. The van der Waals surface area contributed by atoms with Gasteiger partial charge in [-0.15, -0.1) is 0 Å². The zero-order valence-electron chi connectivity index (χ0n) is 20.7. The number of benzene rings is 2. The van der Waals surface area contributed by atoms with Gasteiger partial charge >= 0.3 is 5.97 Å². The molecule has 0 saturated carbocycles. The molecule has 2 aromatic carbocycles. The standard InChI is InChI=1S/C29H28F2N2O3/c1-17(18-10-12-19(30)13-11-18)26(20-8-6-7-9-22(20)31)27-23-14-24(34)21(28(35)36)15-33(23)25(16-32(27)5)29(2,3)4/h6-15,25H,1,16H2,2-5H3,(H,35,36)/b27-26+/t25-/m0/s1. The highest BCUT2D eigenvalue weighted by Gasteiger charge is 2.37. The van der Waals surface area contributed by atoms with E-state index in [1.807, 2.05) is 32.7 Å². The molecule has 0 amide bonds. The number of carboxylic acid groups (broad SMARTS) is 1. The number of hydrogen-bond acceptors (Lipinski definition) is 3. The molecule has 36 heavy (non-hydrogen) atoms. The molecule has 1 aliphatic heterocycles. The fourth-order valence-corrected chi connectivity index (χ4v) is 4.69. The van der Waals surface area contributed by atoms with Gasteiger partial charge in [0.25, 0.3) is 0 Å². The Morgan fingerprint density at radius 3 is 2.28 bits per heavy atom. The molecule has 0 saturated heterocycles. The average Bonchev–Trinajstić information content (AvgIpc) is 2.80. The smallest absolute Gasteiger partial charge is 0.341 e. The zero-order chi connectivity index (χ0) is 26.4. The highest BCUT2D eigenvalue weighted by atomic mass is 19.1. The van der Waals surface area contributed by atoms with Gasteiger partial charge < -0.3 is 14.6 Å². The number of carboxylic acids is 1. The second kappa shape index (κ2) is 9.22. The van der Waals surface area contributed by atoms with Crippen molar-refractivity contribution >= 4 is 22.8 Å². The molecule has 0 aliphatic carbocycles. The predicted molar refractivity (Wildman–Crippen MR) is 137 cm³/mol. The Kier molecular flexibility index (Phi) is 6.43. The molecule has 1 N–H and O–H groups in total. The van der Waals surface area contributed by atoms with E-state index in [4.69, 9.17) is 0 Å². The van der Waals surface area contributed by atoms with Crippen LogP contribution in [0.3, 0.4) is 0 Å². The van der Waals surface area contributed by atoms with E-state index in [0.29, 0.717) is 34.6 Å². The van der Waals surface area contributed by atoms with Gasteiger partial charge in [-0.3, -0.25) is 4.79 Å². The van der Waals surface area contributed by atoms with Gasteiger partial charge in [0.1, 0.15) is 17.2 Å². The van der Waals surface area contributed by atoms with Crippen LogP contribution in [0.2, 0.25) is 0 Å². The van der Waals surface area contributed by atoms with Crippen LogP contribution in [-0.4, -0.2) is 34.1 Å². The topological polar surface area (TPSA) is 62.5 Å². The maximum atomic E-state index is 15.3. The van der Waals surface area contributed by atoms with Crippen molar-refractivity contribution in [3.63, 3.8) is 0 Å². The zero-order valence-corrected chi connectivity index (χ0v) is 20.7. The van der Waals surface area contributed by atoms with E-state index in [-0.39, 0.29) is 22.6 Å². The lowest BCUT2D eigenvalue weighted by Crippen LogP contribution is -2.42. The van der Waals surface area contributed by atoms with Crippen LogP contribution in [-0.2, 0) is 0 Å². The molecule has 0 spiro atoms. The Morgan fingerprint density at radius 1 is 1.06 bits per heavy atom. The highest BCUT2D eigenvalue weighted by molar-refractivity contribution is 6.13. The number of carbonyl (C=O) groups is 1. The van der Waals surface area contributed by atoms with Crippen LogP contribution in [0, 0.1) is 17.0 Å². The minimum atomic E-state index is -1.31. The van der Waals surface area contributed by atoms with E-state index in [0.717, 1.165) is 0 Å². The van der Waals surface area contributed by atoms with Gasteiger partial charge in [-0.1, -0.05) is 57.7 Å². The monoisotopic (exact) mass is 490 g/mol. The number of nitrogens with zero attached hydrogens (tertiary/aromatic N) is 2. The van der Waals surface area contributed by atoms with E-state index in [1.165, 1.54) is 30.5 Å². The molecule has 4 rings (SSSR count). The molecule has 0 fully saturated rings. The molecular weight excluding hydrogens is 462 g/mol. The first kappa shape index (κ1) is 25.1. The summed E-state index contributed by atoms with van der Waals surface area (Å²) in [5.74, 6) is -2.20. The Balaban J connectivity index is 2.12. The first-order chi connectivity index (χ1) is 16.9. The molecule has 1 aliphatic rings. The number of aromatic carboxylic acids is 1. The second-order valence-electron chi connectivity index (χ2n) is 10.1. The van der Waals surface area contributed by atoms with Crippen LogP contribution in [0.5, 0.6) is 0 Å². The third kappa shape index (κ3) is 4.49. The van der Waals surface area contributed by atoms with Crippen LogP contribution in [0.1, 0.15) is 54.0 Å². The summed E-state index contributed by atoms with van der Waals surface area (Å²) in [5, 5.41) is 9.63. The molecule has 186 valence electrons. The lowest BCUT2D eigenvalue weighted by atomic mass is 9.82. The van der Waals surface area contributed by atoms with Gasteiger partial charge in [0.15, 0.2) is 5.43 Å². The van der Waals surface area contributed by atoms with Gasteiger partial charge in [-0.25, -0.2) is 13.6 Å². The lowest BCUT2D eigenvalue weighted by Gasteiger charge is -2.44. The van der Waals surface area contributed by atoms with Crippen molar-refractivity contribution in [1.29, 1.82) is 0 Å². The Labute approximate surface area is 208 Å². The molecule has 1 atom stereocenters. The maximum absolute atomic E-state index is 15.3. The molecule has 3 aromatic rings. The van der Waals surface area contributed by atoms with Crippen molar-refractivity contribution in [2.24, 2.45) is 5.41 Å². The Bertz CT molecular complexity index is 1450. The quantitative estimate of drug-likeness (QED) is 0.492. The van der Waals surface area contributed by atoms with Gasteiger partial charge in [0.2, 0.25) is 0 Å². The SMILES string of the molecule is C=C(/C(=C1/c2cc(=O)c(C(=O)O)cn2[C@H](C(C)(C)C)CN1C)c1ccccc1F)c1ccc(F)cc1. The van der Waals surface area contributed by atoms with E-state index < -0.39 is 23.0 Å². The molecular formula is C29H28F2N2O3. The molecule has 7 heteroatoms. The largest absolute Gasteiger partial charge is 0.477 e.